The molecule has 12 heavy (non-hydrogen) atoms. The van der Waals surface area contributed by atoms with E-state index in [1.807, 2.05) is 13.0 Å². The van der Waals surface area contributed by atoms with Crippen molar-refractivity contribution in [2.24, 2.45) is 0 Å². The van der Waals surface area contributed by atoms with Gasteiger partial charge in [-0.25, -0.2) is 9.37 Å². The van der Waals surface area contributed by atoms with Gasteiger partial charge >= 0.3 is 0 Å². The van der Waals surface area contributed by atoms with E-state index in [0.717, 1.165) is 15.2 Å². The van der Waals surface area contributed by atoms with E-state index in [4.69, 9.17) is 0 Å². The summed E-state index contributed by atoms with van der Waals surface area (Å²) in [4.78, 5) is 4.19. The van der Waals surface area contributed by atoms with Gasteiger partial charge in [-0.3, -0.25) is 0 Å². The van der Waals surface area contributed by atoms with Crippen molar-refractivity contribution >= 4 is 21.6 Å². The van der Waals surface area contributed by atoms with E-state index in [2.05, 4.69) is 4.98 Å². The van der Waals surface area contributed by atoms with Crippen molar-refractivity contribution in [3.8, 4) is 0 Å². The Kier molecular flexibility index (Phi) is 1.61. The number of fused-ring (bicyclic) bond motifs is 1. The lowest BCUT2D eigenvalue weighted by Crippen LogP contribution is -1.80. The third-order valence-corrected chi connectivity index (χ3v) is 2.71. The average Bonchev–Trinajstić information content (AvgIpc) is 2.30. The van der Waals surface area contributed by atoms with Crippen molar-refractivity contribution in [1.29, 1.82) is 0 Å². The molecule has 0 atom stereocenters. The Hall–Kier alpha value is -0.960. The maximum Gasteiger partial charge on any atom is 0.128 e. The molecule has 62 valence electrons. The van der Waals surface area contributed by atoms with Gasteiger partial charge in [-0.2, -0.15) is 0 Å². The predicted molar refractivity (Wildman–Crippen MR) is 49.1 cm³/mol. The van der Waals surface area contributed by atoms with Crippen LogP contribution < -0.4 is 0 Å². The molecule has 0 aliphatic heterocycles. The van der Waals surface area contributed by atoms with Crippen LogP contribution in [-0.4, -0.2) is 4.98 Å². The van der Waals surface area contributed by atoms with Gasteiger partial charge in [-0.1, -0.05) is 0 Å². The molecule has 0 saturated heterocycles. The first-order chi connectivity index (χ1) is 5.66. The van der Waals surface area contributed by atoms with Crippen LogP contribution in [-0.2, 0) is 0 Å². The van der Waals surface area contributed by atoms with Crippen LogP contribution in [0, 0.1) is 19.7 Å². The van der Waals surface area contributed by atoms with E-state index < -0.39 is 0 Å². The molecule has 0 radical (unpaired) electrons. The van der Waals surface area contributed by atoms with Gasteiger partial charge in [0.1, 0.15) is 5.82 Å². The maximum atomic E-state index is 13.0. The largest absolute Gasteiger partial charge is 0.241 e. The Balaban J connectivity index is 2.83. The molecule has 2 aromatic rings. The number of aromatic nitrogens is 1. The van der Waals surface area contributed by atoms with Gasteiger partial charge in [-0.15, -0.1) is 11.3 Å². The van der Waals surface area contributed by atoms with Gasteiger partial charge in [0.2, 0.25) is 0 Å². The molecule has 0 spiro atoms. The zero-order valence-electron chi connectivity index (χ0n) is 6.89. The molecule has 0 aliphatic rings. The van der Waals surface area contributed by atoms with E-state index in [1.165, 1.54) is 6.07 Å². The Labute approximate surface area is 73.9 Å². The highest BCUT2D eigenvalue weighted by Gasteiger charge is 2.03. The zero-order chi connectivity index (χ0) is 8.72. The number of thiazole rings is 1. The number of hydrogen-bond acceptors (Lipinski definition) is 2. The molecule has 0 N–H and O–H groups in total. The first kappa shape index (κ1) is 7.68. The molecule has 0 saturated carbocycles. The highest BCUT2D eigenvalue weighted by Crippen LogP contribution is 2.23. The van der Waals surface area contributed by atoms with Gasteiger partial charge in [-0.05, 0) is 25.5 Å². The van der Waals surface area contributed by atoms with Crippen LogP contribution in [0.1, 0.15) is 10.6 Å². The lowest BCUT2D eigenvalue weighted by Gasteiger charge is -1.93. The summed E-state index contributed by atoms with van der Waals surface area (Å²) in [5, 5.41) is 0.981. The SMILES string of the molecule is Cc1nc2cc(F)c(C)cc2s1. The number of rotatable bonds is 0. The quantitative estimate of drug-likeness (QED) is 0.608. The molecular weight excluding hydrogens is 173 g/mol. The molecule has 1 aromatic heterocycles. The highest BCUT2D eigenvalue weighted by molar-refractivity contribution is 7.18. The van der Waals surface area contributed by atoms with Crippen molar-refractivity contribution in [1.82, 2.24) is 4.98 Å². The van der Waals surface area contributed by atoms with Crippen LogP contribution >= 0.6 is 11.3 Å². The number of nitrogens with zero attached hydrogens (tertiary/aromatic N) is 1. The molecule has 0 amide bonds. The standard InChI is InChI=1S/C9H8FNS/c1-5-3-9-8(4-7(5)10)11-6(2)12-9/h3-4H,1-2H3. The molecule has 0 fully saturated rings. The summed E-state index contributed by atoms with van der Waals surface area (Å²) in [6, 6.07) is 3.34. The molecule has 0 aliphatic carbocycles. The van der Waals surface area contributed by atoms with Crippen LogP contribution in [0.4, 0.5) is 4.39 Å². The summed E-state index contributed by atoms with van der Waals surface area (Å²) in [6.45, 7) is 3.70. The molecular formula is C9H8FNS. The molecule has 1 nitrogen and oxygen atoms in total. The number of hydrogen-bond donors (Lipinski definition) is 0. The Morgan fingerprint density at radius 1 is 1.33 bits per heavy atom. The second-order valence-corrected chi connectivity index (χ2v) is 4.04. The fourth-order valence-electron chi connectivity index (χ4n) is 1.17. The lowest BCUT2D eigenvalue weighted by atomic mass is 10.2. The second-order valence-electron chi connectivity index (χ2n) is 2.80. The monoisotopic (exact) mass is 181 g/mol. The lowest BCUT2D eigenvalue weighted by molar-refractivity contribution is 0.620. The van der Waals surface area contributed by atoms with Gasteiger partial charge in [0, 0.05) is 6.07 Å². The van der Waals surface area contributed by atoms with Crippen LogP contribution in [0.3, 0.4) is 0 Å². The minimum atomic E-state index is -0.173. The fraction of sp³-hybridized carbons (Fsp3) is 0.222. The molecule has 3 heteroatoms. The molecule has 1 heterocycles. The Morgan fingerprint density at radius 2 is 2.08 bits per heavy atom. The number of aryl methyl sites for hydroxylation is 2. The van der Waals surface area contributed by atoms with E-state index in [9.17, 15) is 4.39 Å². The second kappa shape index (κ2) is 2.52. The maximum absolute atomic E-state index is 13.0. The van der Waals surface area contributed by atoms with Crippen LogP contribution in [0.5, 0.6) is 0 Å². The zero-order valence-corrected chi connectivity index (χ0v) is 7.70. The molecule has 1 aromatic carbocycles. The highest BCUT2D eigenvalue weighted by atomic mass is 32.1. The van der Waals surface area contributed by atoms with Crippen molar-refractivity contribution < 1.29 is 4.39 Å². The predicted octanol–water partition coefficient (Wildman–Crippen LogP) is 3.05. The van der Waals surface area contributed by atoms with Gasteiger partial charge < -0.3 is 0 Å². The van der Waals surface area contributed by atoms with E-state index in [-0.39, 0.29) is 5.82 Å². The van der Waals surface area contributed by atoms with Crippen LogP contribution in [0.2, 0.25) is 0 Å². The fourth-order valence-corrected chi connectivity index (χ4v) is 2.07. The third kappa shape index (κ3) is 1.10. The summed E-state index contributed by atoms with van der Waals surface area (Å²) < 4.78 is 14.1. The average molecular weight is 181 g/mol. The topological polar surface area (TPSA) is 12.9 Å². The first-order valence-corrected chi connectivity index (χ1v) is 4.52. The van der Waals surface area contributed by atoms with Crippen molar-refractivity contribution in [2.45, 2.75) is 13.8 Å². The van der Waals surface area contributed by atoms with E-state index in [1.54, 1.807) is 18.3 Å². The van der Waals surface area contributed by atoms with Crippen molar-refractivity contribution in [2.75, 3.05) is 0 Å². The normalized spacial score (nSPS) is 10.9. The van der Waals surface area contributed by atoms with Crippen LogP contribution in [0.25, 0.3) is 10.2 Å². The number of benzene rings is 1. The van der Waals surface area contributed by atoms with E-state index >= 15 is 0 Å². The van der Waals surface area contributed by atoms with Gasteiger partial charge in [0.15, 0.2) is 0 Å². The van der Waals surface area contributed by atoms with E-state index in [0.29, 0.717) is 5.56 Å². The minimum Gasteiger partial charge on any atom is -0.241 e. The van der Waals surface area contributed by atoms with Gasteiger partial charge in [0.25, 0.3) is 0 Å². The van der Waals surface area contributed by atoms with Gasteiger partial charge in [0.05, 0.1) is 15.2 Å². The van der Waals surface area contributed by atoms with Crippen LogP contribution in [0.15, 0.2) is 12.1 Å². The van der Waals surface area contributed by atoms with Crippen molar-refractivity contribution in [3.63, 3.8) is 0 Å². The smallest absolute Gasteiger partial charge is 0.128 e. The minimum absolute atomic E-state index is 0.173. The molecule has 2 rings (SSSR count). The molecule has 0 unspecified atom stereocenters. The summed E-state index contributed by atoms with van der Waals surface area (Å²) in [5.74, 6) is -0.173. The summed E-state index contributed by atoms with van der Waals surface area (Å²) in [7, 11) is 0. The summed E-state index contributed by atoms with van der Waals surface area (Å²) in [5.41, 5.74) is 1.45. The summed E-state index contributed by atoms with van der Waals surface area (Å²) in [6.07, 6.45) is 0. The molecule has 0 bridgehead atoms. The van der Waals surface area contributed by atoms with Crippen molar-refractivity contribution in [3.05, 3.63) is 28.5 Å². The Bertz CT molecular complexity index is 394. The summed E-state index contributed by atoms with van der Waals surface area (Å²) >= 11 is 1.60. The third-order valence-electron chi connectivity index (χ3n) is 1.78. The Morgan fingerprint density at radius 3 is 2.83 bits per heavy atom. The number of halogens is 1. The first-order valence-electron chi connectivity index (χ1n) is 3.70.